The van der Waals surface area contributed by atoms with E-state index in [2.05, 4.69) is 30.8 Å². The van der Waals surface area contributed by atoms with E-state index in [1.165, 1.54) is 11.5 Å². The van der Waals surface area contributed by atoms with E-state index in [1.54, 1.807) is 12.5 Å². The molecule has 0 unspecified atom stereocenters. The predicted octanol–water partition coefficient (Wildman–Crippen LogP) is 2.51. The van der Waals surface area contributed by atoms with E-state index in [4.69, 9.17) is 4.42 Å². The molecule has 4 nitrogen and oxygen atoms in total. The fraction of sp³-hybridized carbons (Fsp3) is 0.143. The van der Waals surface area contributed by atoms with Crippen molar-refractivity contribution in [1.82, 2.24) is 9.59 Å². The molecule has 2 rings (SSSR count). The zero-order valence-electron chi connectivity index (χ0n) is 6.53. The van der Waals surface area contributed by atoms with Crippen molar-refractivity contribution in [2.24, 2.45) is 0 Å². The summed E-state index contributed by atoms with van der Waals surface area (Å²) >= 11 is 4.69. The first-order valence-electron chi connectivity index (χ1n) is 3.59. The quantitative estimate of drug-likeness (QED) is 0.921. The van der Waals surface area contributed by atoms with Gasteiger partial charge in [0.25, 0.3) is 0 Å². The van der Waals surface area contributed by atoms with Crippen LogP contribution in [-0.2, 0) is 6.54 Å². The Morgan fingerprint density at radius 1 is 1.62 bits per heavy atom. The molecule has 2 aromatic rings. The van der Waals surface area contributed by atoms with Gasteiger partial charge in [0.15, 0.2) is 0 Å². The van der Waals surface area contributed by atoms with Crippen molar-refractivity contribution >= 4 is 32.5 Å². The minimum Gasteiger partial charge on any atom is -0.466 e. The van der Waals surface area contributed by atoms with Crippen molar-refractivity contribution in [1.29, 1.82) is 0 Å². The summed E-state index contributed by atoms with van der Waals surface area (Å²) < 4.78 is 9.92. The third-order valence-electron chi connectivity index (χ3n) is 1.48. The number of aromatic nitrogens is 2. The van der Waals surface area contributed by atoms with E-state index >= 15 is 0 Å². The molecule has 0 bridgehead atoms. The topological polar surface area (TPSA) is 51.0 Å². The molecule has 1 N–H and O–H groups in total. The van der Waals surface area contributed by atoms with Crippen LogP contribution < -0.4 is 5.32 Å². The molecule has 0 aromatic carbocycles. The minimum absolute atomic E-state index is 0.636. The van der Waals surface area contributed by atoms with Gasteiger partial charge in [-0.3, -0.25) is 0 Å². The molecule has 13 heavy (non-hydrogen) atoms. The van der Waals surface area contributed by atoms with Gasteiger partial charge in [-0.15, -0.1) is 5.10 Å². The lowest BCUT2D eigenvalue weighted by molar-refractivity contribution is 0.516. The molecule has 0 aliphatic rings. The van der Waals surface area contributed by atoms with E-state index in [0.717, 1.165) is 15.2 Å². The number of nitrogens with one attached hydrogen (secondary N) is 1. The summed E-state index contributed by atoms with van der Waals surface area (Å²) in [5, 5.41) is 7.78. The molecule has 0 amide bonds. The molecule has 6 heteroatoms. The second kappa shape index (κ2) is 3.89. The third-order valence-corrected chi connectivity index (χ3v) is 2.80. The highest BCUT2D eigenvalue weighted by atomic mass is 79.9. The van der Waals surface area contributed by atoms with Crippen LogP contribution in [0, 0.1) is 0 Å². The molecule has 0 spiro atoms. The zero-order valence-corrected chi connectivity index (χ0v) is 8.93. The Morgan fingerprint density at radius 3 is 3.15 bits per heavy atom. The van der Waals surface area contributed by atoms with E-state index < -0.39 is 0 Å². The summed E-state index contributed by atoms with van der Waals surface area (Å²) in [5.74, 6) is 0.869. The highest BCUT2D eigenvalue weighted by Gasteiger charge is 2.03. The van der Waals surface area contributed by atoms with Gasteiger partial charge in [-0.05, 0) is 22.0 Å². The van der Waals surface area contributed by atoms with Crippen LogP contribution >= 0.6 is 27.5 Å². The molecule has 0 fully saturated rings. The van der Waals surface area contributed by atoms with Crippen molar-refractivity contribution in [2.45, 2.75) is 6.54 Å². The normalized spacial score (nSPS) is 10.2. The van der Waals surface area contributed by atoms with Crippen LogP contribution in [0.3, 0.4) is 0 Å². The lowest BCUT2D eigenvalue weighted by Crippen LogP contribution is -1.96. The first-order valence-corrected chi connectivity index (χ1v) is 5.16. The van der Waals surface area contributed by atoms with Crippen LogP contribution in [0.1, 0.15) is 5.76 Å². The van der Waals surface area contributed by atoms with Gasteiger partial charge in [0.2, 0.25) is 0 Å². The second-order valence-corrected chi connectivity index (χ2v) is 3.97. The lowest BCUT2D eigenvalue weighted by Gasteiger charge is -1.98. The van der Waals surface area contributed by atoms with Gasteiger partial charge in [0, 0.05) is 11.5 Å². The molecule has 2 aromatic heterocycles. The summed E-state index contributed by atoms with van der Waals surface area (Å²) in [5.41, 5.74) is 0. The Labute approximate surface area is 87.3 Å². The van der Waals surface area contributed by atoms with Crippen molar-refractivity contribution in [3.05, 3.63) is 28.8 Å². The number of anilines is 1. The van der Waals surface area contributed by atoms with Crippen LogP contribution in [0.15, 0.2) is 27.4 Å². The number of rotatable bonds is 3. The molecule has 0 saturated heterocycles. The summed E-state index contributed by atoms with van der Waals surface area (Å²) in [4.78, 5) is 0. The van der Waals surface area contributed by atoms with Crippen LogP contribution in [0.2, 0.25) is 0 Å². The minimum atomic E-state index is 0.636. The van der Waals surface area contributed by atoms with Crippen LogP contribution in [-0.4, -0.2) is 9.59 Å². The smallest absolute Gasteiger partial charge is 0.136 e. The highest BCUT2D eigenvalue weighted by Crippen LogP contribution is 2.19. The fourth-order valence-electron chi connectivity index (χ4n) is 0.864. The van der Waals surface area contributed by atoms with Gasteiger partial charge >= 0.3 is 0 Å². The average molecular weight is 260 g/mol. The van der Waals surface area contributed by atoms with Gasteiger partial charge in [0.05, 0.1) is 23.5 Å². The Hall–Kier alpha value is -0.880. The molecule has 2 heterocycles. The monoisotopic (exact) mass is 259 g/mol. The average Bonchev–Trinajstić information content (AvgIpc) is 2.72. The van der Waals surface area contributed by atoms with Crippen molar-refractivity contribution < 1.29 is 4.42 Å². The molecule has 0 saturated carbocycles. The van der Waals surface area contributed by atoms with Crippen molar-refractivity contribution in [3.63, 3.8) is 0 Å². The Bertz CT molecular complexity index is 373. The van der Waals surface area contributed by atoms with E-state index in [-0.39, 0.29) is 0 Å². The summed E-state index contributed by atoms with van der Waals surface area (Å²) in [6, 6.07) is 1.86. The lowest BCUT2D eigenvalue weighted by atomic mass is 10.4. The molecule has 0 atom stereocenters. The van der Waals surface area contributed by atoms with Crippen LogP contribution in [0.25, 0.3) is 0 Å². The van der Waals surface area contributed by atoms with E-state index in [0.29, 0.717) is 6.54 Å². The highest BCUT2D eigenvalue weighted by molar-refractivity contribution is 9.10. The SMILES string of the molecule is Brc1ccoc1CNc1cnns1. The van der Waals surface area contributed by atoms with Gasteiger partial charge < -0.3 is 9.73 Å². The Kier molecular flexibility index (Phi) is 2.60. The number of halogens is 1. The number of nitrogens with zero attached hydrogens (tertiary/aromatic N) is 2. The zero-order chi connectivity index (χ0) is 9.10. The van der Waals surface area contributed by atoms with Gasteiger partial charge in [0.1, 0.15) is 10.8 Å². The Morgan fingerprint density at radius 2 is 2.54 bits per heavy atom. The summed E-state index contributed by atoms with van der Waals surface area (Å²) in [6.07, 6.45) is 3.33. The number of furan rings is 1. The van der Waals surface area contributed by atoms with E-state index in [1.807, 2.05) is 6.07 Å². The largest absolute Gasteiger partial charge is 0.466 e. The van der Waals surface area contributed by atoms with Crippen molar-refractivity contribution in [3.8, 4) is 0 Å². The van der Waals surface area contributed by atoms with Crippen LogP contribution in [0.4, 0.5) is 5.00 Å². The van der Waals surface area contributed by atoms with Crippen LogP contribution in [0.5, 0.6) is 0 Å². The third kappa shape index (κ3) is 2.07. The number of hydrogen-bond acceptors (Lipinski definition) is 5. The fourth-order valence-corrected chi connectivity index (χ4v) is 1.62. The second-order valence-electron chi connectivity index (χ2n) is 2.33. The molecule has 68 valence electrons. The maximum Gasteiger partial charge on any atom is 0.136 e. The standard InChI is InChI=1S/C7H6BrN3OS/c8-5-1-2-12-6(5)3-9-7-4-10-11-13-7/h1-2,4,9H,3H2. The molecular weight excluding hydrogens is 254 g/mol. The van der Waals surface area contributed by atoms with Gasteiger partial charge in [-0.2, -0.15) is 0 Å². The molecular formula is C7H6BrN3OS. The molecule has 0 aliphatic heterocycles. The van der Waals surface area contributed by atoms with E-state index in [9.17, 15) is 0 Å². The first-order chi connectivity index (χ1) is 6.36. The van der Waals surface area contributed by atoms with Crippen molar-refractivity contribution in [2.75, 3.05) is 5.32 Å². The molecule has 0 aliphatic carbocycles. The van der Waals surface area contributed by atoms with Gasteiger partial charge in [-0.1, -0.05) is 4.49 Å². The van der Waals surface area contributed by atoms with Gasteiger partial charge in [-0.25, -0.2) is 0 Å². The predicted molar refractivity (Wildman–Crippen MR) is 53.6 cm³/mol. The molecule has 0 radical (unpaired) electrons. The maximum absolute atomic E-state index is 5.22. The summed E-state index contributed by atoms with van der Waals surface area (Å²) in [7, 11) is 0. The summed E-state index contributed by atoms with van der Waals surface area (Å²) in [6.45, 7) is 0.636. The number of hydrogen-bond donors (Lipinski definition) is 1. The Balaban J connectivity index is 1.97. The maximum atomic E-state index is 5.22. The first kappa shape index (κ1) is 8.71.